The predicted molar refractivity (Wildman–Crippen MR) is 78.2 cm³/mol. The molecule has 106 valence electrons. The van der Waals surface area contributed by atoms with Crippen molar-refractivity contribution in [2.45, 2.75) is 25.4 Å². The number of benzene rings is 1. The van der Waals surface area contributed by atoms with Crippen molar-refractivity contribution in [1.82, 2.24) is 10.2 Å². The van der Waals surface area contributed by atoms with Crippen molar-refractivity contribution >= 4 is 5.69 Å². The maximum atomic E-state index is 13.4. The lowest BCUT2D eigenvalue weighted by molar-refractivity contribution is 0.195. The van der Waals surface area contributed by atoms with Crippen LogP contribution in [0.15, 0.2) is 24.3 Å². The number of anilines is 1. The quantitative estimate of drug-likeness (QED) is 0.901. The van der Waals surface area contributed by atoms with Gasteiger partial charge in [0.1, 0.15) is 5.82 Å². The molecule has 1 aliphatic rings. The fourth-order valence-corrected chi connectivity index (χ4v) is 2.73. The van der Waals surface area contributed by atoms with E-state index in [1.807, 2.05) is 13.1 Å². The van der Waals surface area contributed by atoms with Gasteiger partial charge in [0.15, 0.2) is 0 Å². The molecule has 4 heteroatoms. The van der Waals surface area contributed by atoms with E-state index in [0.29, 0.717) is 12.1 Å². The Morgan fingerprint density at radius 1 is 1.42 bits per heavy atom. The second-order valence-electron chi connectivity index (χ2n) is 5.44. The Morgan fingerprint density at radius 3 is 2.89 bits per heavy atom. The van der Waals surface area contributed by atoms with Crippen molar-refractivity contribution in [1.29, 1.82) is 0 Å². The van der Waals surface area contributed by atoms with Gasteiger partial charge >= 0.3 is 0 Å². The Balaban J connectivity index is 2.17. The van der Waals surface area contributed by atoms with Gasteiger partial charge in [-0.2, -0.15) is 0 Å². The van der Waals surface area contributed by atoms with Crippen LogP contribution in [0.5, 0.6) is 0 Å². The molecule has 0 aromatic heterocycles. The van der Waals surface area contributed by atoms with E-state index in [4.69, 9.17) is 0 Å². The van der Waals surface area contributed by atoms with Crippen LogP contribution in [-0.2, 0) is 0 Å². The van der Waals surface area contributed by atoms with Gasteiger partial charge in [0.05, 0.1) is 0 Å². The molecule has 0 saturated carbocycles. The Hall–Kier alpha value is -1.13. The molecule has 1 heterocycles. The highest BCUT2D eigenvalue weighted by molar-refractivity contribution is 5.46. The SMILES string of the molecule is CNCC1CN(c2cccc(F)c2)CCC(C)N1C. The van der Waals surface area contributed by atoms with Gasteiger partial charge in [0.25, 0.3) is 0 Å². The summed E-state index contributed by atoms with van der Waals surface area (Å²) in [5, 5.41) is 3.26. The Bertz CT molecular complexity index is 410. The highest BCUT2D eigenvalue weighted by Gasteiger charge is 2.26. The van der Waals surface area contributed by atoms with Crippen LogP contribution in [0.4, 0.5) is 10.1 Å². The maximum absolute atomic E-state index is 13.4. The molecule has 1 aliphatic heterocycles. The van der Waals surface area contributed by atoms with Crippen molar-refractivity contribution in [3.05, 3.63) is 30.1 Å². The summed E-state index contributed by atoms with van der Waals surface area (Å²) in [5.41, 5.74) is 0.989. The van der Waals surface area contributed by atoms with Gasteiger partial charge < -0.3 is 10.2 Å². The van der Waals surface area contributed by atoms with Gasteiger partial charge in [-0.05, 0) is 45.6 Å². The minimum absolute atomic E-state index is 0.159. The number of halogens is 1. The lowest BCUT2D eigenvalue weighted by Gasteiger charge is -2.32. The molecule has 2 atom stereocenters. The van der Waals surface area contributed by atoms with Gasteiger partial charge in [-0.15, -0.1) is 0 Å². The van der Waals surface area contributed by atoms with Crippen LogP contribution in [0.2, 0.25) is 0 Å². The smallest absolute Gasteiger partial charge is 0.125 e. The molecule has 1 aromatic carbocycles. The van der Waals surface area contributed by atoms with Crippen molar-refractivity contribution in [3.8, 4) is 0 Å². The normalized spacial score (nSPS) is 25.4. The molecule has 0 aliphatic carbocycles. The molecule has 3 nitrogen and oxygen atoms in total. The van der Waals surface area contributed by atoms with Crippen molar-refractivity contribution < 1.29 is 4.39 Å². The van der Waals surface area contributed by atoms with E-state index >= 15 is 0 Å². The fourth-order valence-electron chi connectivity index (χ4n) is 2.73. The molecule has 0 radical (unpaired) electrons. The molecular weight excluding hydrogens is 241 g/mol. The number of hydrogen-bond donors (Lipinski definition) is 1. The fraction of sp³-hybridized carbons (Fsp3) is 0.600. The van der Waals surface area contributed by atoms with Crippen molar-refractivity contribution in [3.63, 3.8) is 0 Å². The number of hydrogen-bond acceptors (Lipinski definition) is 3. The summed E-state index contributed by atoms with van der Waals surface area (Å²) >= 11 is 0. The average Bonchev–Trinajstić information content (AvgIpc) is 2.53. The zero-order chi connectivity index (χ0) is 13.8. The monoisotopic (exact) mass is 265 g/mol. The summed E-state index contributed by atoms with van der Waals surface area (Å²) < 4.78 is 13.4. The van der Waals surface area contributed by atoms with Gasteiger partial charge in [0.2, 0.25) is 0 Å². The molecule has 1 aromatic rings. The summed E-state index contributed by atoms with van der Waals surface area (Å²) in [6.07, 6.45) is 1.10. The van der Waals surface area contributed by atoms with Crippen molar-refractivity contribution in [2.24, 2.45) is 0 Å². The van der Waals surface area contributed by atoms with E-state index in [-0.39, 0.29) is 5.82 Å². The van der Waals surface area contributed by atoms with E-state index in [1.54, 1.807) is 12.1 Å². The van der Waals surface area contributed by atoms with E-state index in [2.05, 4.69) is 29.1 Å². The zero-order valence-electron chi connectivity index (χ0n) is 12.1. The van der Waals surface area contributed by atoms with E-state index < -0.39 is 0 Å². The Labute approximate surface area is 115 Å². The second kappa shape index (κ2) is 6.35. The molecule has 1 fully saturated rings. The number of rotatable bonds is 3. The summed E-state index contributed by atoms with van der Waals surface area (Å²) in [6, 6.07) is 7.92. The highest BCUT2D eigenvalue weighted by Crippen LogP contribution is 2.21. The molecule has 0 bridgehead atoms. The predicted octanol–water partition coefficient (Wildman–Crippen LogP) is 1.94. The summed E-state index contributed by atoms with van der Waals surface area (Å²) in [7, 11) is 4.16. The Morgan fingerprint density at radius 2 is 2.21 bits per heavy atom. The number of nitrogens with zero attached hydrogens (tertiary/aromatic N) is 2. The second-order valence-corrected chi connectivity index (χ2v) is 5.44. The highest BCUT2D eigenvalue weighted by atomic mass is 19.1. The molecule has 2 rings (SSSR count). The third-order valence-electron chi connectivity index (χ3n) is 4.13. The third-order valence-corrected chi connectivity index (χ3v) is 4.13. The van der Waals surface area contributed by atoms with Crippen molar-refractivity contribution in [2.75, 3.05) is 38.6 Å². The number of nitrogens with one attached hydrogen (secondary N) is 1. The first-order chi connectivity index (χ1) is 9.11. The van der Waals surface area contributed by atoms with Crippen LogP contribution < -0.4 is 10.2 Å². The van der Waals surface area contributed by atoms with Gasteiger partial charge in [-0.3, -0.25) is 4.90 Å². The minimum Gasteiger partial charge on any atom is -0.370 e. The zero-order valence-corrected chi connectivity index (χ0v) is 12.1. The van der Waals surface area contributed by atoms with Crippen LogP contribution in [0.1, 0.15) is 13.3 Å². The molecular formula is C15H24FN3. The van der Waals surface area contributed by atoms with Gasteiger partial charge in [-0.25, -0.2) is 4.39 Å². The first-order valence-electron chi connectivity index (χ1n) is 6.99. The third kappa shape index (κ3) is 3.45. The topological polar surface area (TPSA) is 18.5 Å². The van der Waals surface area contributed by atoms with Crippen LogP contribution in [-0.4, -0.2) is 50.7 Å². The van der Waals surface area contributed by atoms with E-state index in [0.717, 1.165) is 31.7 Å². The minimum atomic E-state index is -0.159. The number of likely N-dealkylation sites (N-methyl/N-ethyl adjacent to an activating group) is 2. The molecule has 2 unspecified atom stereocenters. The first kappa shape index (κ1) is 14.3. The van der Waals surface area contributed by atoms with Crippen LogP contribution >= 0.6 is 0 Å². The largest absolute Gasteiger partial charge is 0.370 e. The van der Waals surface area contributed by atoms with Crippen LogP contribution in [0, 0.1) is 5.82 Å². The summed E-state index contributed by atoms with van der Waals surface area (Å²) in [5.74, 6) is -0.159. The van der Waals surface area contributed by atoms with Gasteiger partial charge in [-0.1, -0.05) is 6.07 Å². The molecule has 0 amide bonds. The molecule has 0 spiro atoms. The van der Waals surface area contributed by atoms with Crippen LogP contribution in [0.3, 0.4) is 0 Å². The van der Waals surface area contributed by atoms with E-state index in [1.165, 1.54) is 6.07 Å². The standard InChI is InChI=1S/C15H24FN3/c1-12-7-8-19(11-15(10-17-2)18(12)3)14-6-4-5-13(16)9-14/h4-6,9,12,15,17H,7-8,10-11H2,1-3H3. The molecule has 1 N–H and O–H groups in total. The van der Waals surface area contributed by atoms with Gasteiger partial charge in [0, 0.05) is 37.4 Å². The van der Waals surface area contributed by atoms with E-state index in [9.17, 15) is 4.39 Å². The maximum Gasteiger partial charge on any atom is 0.125 e. The van der Waals surface area contributed by atoms with Crippen LogP contribution in [0.25, 0.3) is 0 Å². The lowest BCUT2D eigenvalue weighted by atomic mass is 10.2. The summed E-state index contributed by atoms with van der Waals surface area (Å²) in [4.78, 5) is 4.72. The summed E-state index contributed by atoms with van der Waals surface area (Å²) in [6.45, 7) is 5.13. The average molecular weight is 265 g/mol. The lowest BCUT2D eigenvalue weighted by Crippen LogP contribution is -2.47. The molecule has 1 saturated heterocycles. The molecule has 19 heavy (non-hydrogen) atoms. The first-order valence-corrected chi connectivity index (χ1v) is 6.99. The Kier molecular flexibility index (Phi) is 4.77.